The molecule has 0 aliphatic carbocycles. The average Bonchev–Trinajstić information content (AvgIpc) is 3.11. The van der Waals surface area contributed by atoms with Crippen LogP contribution in [0, 0.1) is 0 Å². The van der Waals surface area contributed by atoms with E-state index in [0.717, 1.165) is 61.9 Å². The van der Waals surface area contributed by atoms with Gasteiger partial charge in [0.15, 0.2) is 0 Å². The summed E-state index contributed by atoms with van der Waals surface area (Å²) < 4.78 is 5.37. The number of nitrogens with zero attached hydrogens (tertiary/aromatic N) is 4. The summed E-state index contributed by atoms with van der Waals surface area (Å²) in [4.78, 5) is 11.1. The minimum atomic E-state index is 0.733. The quantitative estimate of drug-likeness (QED) is 0.745. The fourth-order valence-corrected chi connectivity index (χ4v) is 2.84. The van der Waals surface area contributed by atoms with E-state index < -0.39 is 0 Å². The summed E-state index contributed by atoms with van der Waals surface area (Å²) in [5.74, 6) is 1.62. The molecular weight excluding hydrogens is 304 g/mol. The summed E-state index contributed by atoms with van der Waals surface area (Å²) in [6.07, 6.45) is 4.56. The number of aromatic nitrogens is 4. The molecule has 2 N–H and O–H groups in total. The van der Waals surface area contributed by atoms with E-state index in [4.69, 9.17) is 4.74 Å². The molecule has 1 aliphatic heterocycles. The zero-order chi connectivity index (χ0) is 16.2. The fourth-order valence-electron chi connectivity index (χ4n) is 2.84. The van der Waals surface area contributed by atoms with Gasteiger partial charge >= 0.3 is 0 Å². The number of benzene rings is 1. The third kappa shape index (κ3) is 3.30. The van der Waals surface area contributed by atoms with Crippen LogP contribution in [0.15, 0.2) is 36.7 Å². The highest BCUT2D eigenvalue weighted by molar-refractivity contribution is 5.78. The van der Waals surface area contributed by atoms with E-state index in [9.17, 15) is 0 Å². The van der Waals surface area contributed by atoms with E-state index in [-0.39, 0.29) is 0 Å². The van der Waals surface area contributed by atoms with Gasteiger partial charge in [-0.1, -0.05) is 12.1 Å². The molecule has 4 rings (SSSR count). The fraction of sp³-hybridized carbons (Fsp3) is 0.353. The lowest BCUT2D eigenvalue weighted by Crippen LogP contribution is -2.37. The summed E-state index contributed by atoms with van der Waals surface area (Å²) in [7, 11) is 0. The van der Waals surface area contributed by atoms with Gasteiger partial charge in [0.05, 0.1) is 24.9 Å². The molecule has 0 bridgehead atoms. The van der Waals surface area contributed by atoms with E-state index in [2.05, 4.69) is 48.6 Å². The van der Waals surface area contributed by atoms with Gasteiger partial charge in [-0.05, 0) is 24.1 Å². The Labute approximate surface area is 140 Å². The molecule has 0 radical (unpaired) electrons. The Bertz CT molecular complexity index is 811. The molecule has 0 amide bonds. The minimum absolute atomic E-state index is 0.733. The van der Waals surface area contributed by atoms with Crippen LogP contribution in [-0.2, 0) is 11.2 Å². The van der Waals surface area contributed by atoms with Crippen molar-refractivity contribution in [1.82, 2.24) is 20.2 Å². The van der Waals surface area contributed by atoms with Crippen LogP contribution in [0.25, 0.3) is 10.9 Å². The monoisotopic (exact) mass is 324 g/mol. The molecular formula is C17H20N6O. The zero-order valence-corrected chi connectivity index (χ0v) is 13.4. The number of hydrogen-bond acceptors (Lipinski definition) is 6. The predicted octanol–water partition coefficient (Wildman–Crippen LogP) is 1.84. The van der Waals surface area contributed by atoms with E-state index in [1.165, 1.54) is 5.56 Å². The first-order chi connectivity index (χ1) is 11.9. The topological polar surface area (TPSA) is 79.0 Å². The second kappa shape index (κ2) is 6.84. The Morgan fingerprint density at radius 1 is 1.21 bits per heavy atom. The summed E-state index contributed by atoms with van der Waals surface area (Å²) in [5.41, 5.74) is 2.34. The van der Waals surface area contributed by atoms with Crippen LogP contribution in [0.2, 0.25) is 0 Å². The number of anilines is 2. The van der Waals surface area contributed by atoms with Crippen LogP contribution >= 0.6 is 0 Å². The average molecular weight is 324 g/mol. The van der Waals surface area contributed by atoms with Gasteiger partial charge < -0.3 is 15.0 Å². The molecule has 0 spiro atoms. The number of rotatable bonds is 5. The second-order valence-electron chi connectivity index (χ2n) is 5.81. The van der Waals surface area contributed by atoms with Crippen LogP contribution in [0.4, 0.5) is 11.8 Å². The molecule has 3 aromatic rings. The van der Waals surface area contributed by atoms with Gasteiger partial charge in [-0.2, -0.15) is 10.1 Å². The van der Waals surface area contributed by atoms with Crippen molar-refractivity contribution in [3.63, 3.8) is 0 Å². The van der Waals surface area contributed by atoms with Crippen LogP contribution in [0.1, 0.15) is 5.56 Å². The van der Waals surface area contributed by atoms with Crippen molar-refractivity contribution in [1.29, 1.82) is 0 Å². The third-order valence-corrected chi connectivity index (χ3v) is 4.16. The third-order valence-electron chi connectivity index (χ3n) is 4.16. The Morgan fingerprint density at radius 2 is 2.12 bits per heavy atom. The van der Waals surface area contributed by atoms with E-state index in [0.29, 0.717) is 0 Å². The molecule has 24 heavy (non-hydrogen) atoms. The number of hydrogen-bond donors (Lipinski definition) is 2. The molecule has 7 nitrogen and oxygen atoms in total. The first kappa shape index (κ1) is 14.9. The molecule has 1 fully saturated rings. The number of ether oxygens (including phenoxy) is 1. The van der Waals surface area contributed by atoms with Gasteiger partial charge in [0.25, 0.3) is 0 Å². The molecule has 124 valence electrons. The van der Waals surface area contributed by atoms with Crippen LogP contribution in [0.5, 0.6) is 0 Å². The summed E-state index contributed by atoms with van der Waals surface area (Å²) in [5, 5.41) is 11.6. The summed E-state index contributed by atoms with van der Waals surface area (Å²) in [6.45, 7) is 3.97. The largest absolute Gasteiger partial charge is 0.378 e. The van der Waals surface area contributed by atoms with Gasteiger partial charge in [-0.15, -0.1) is 0 Å². The minimum Gasteiger partial charge on any atom is -0.378 e. The molecule has 3 heterocycles. The number of aromatic amines is 1. The number of morpholine rings is 1. The van der Waals surface area contributed by atoms with Crippen molar-refractivity contribution < 1.29 is 4.74 Å². The Morgan fingerprint density at radius 3 is 3.04 bits per heavy atom. The van der Waals surface area contributed by atoms with Crippen LogP contribution < -0.4 is 10.2 Å². The lowest BCUT2D eigenvalue weighted by atomic mass is 10.1. The Balaban J connectivity index is 1.36. The first-order valence-electron chi connectivity index (χ1n) is 8.20. The molecule has 0 atom stereocenters. The van der Waals surface area contributed by atoms with Crippen molar-refractivity contribution in [3.05, 3.63) is 42.2 Å². The summed E-state index contributed by atoms with van der Waals surface area (Å²) in [6, 6.07) is 8.28. The molecule has 7 heteroatoms. The zero-order valence-electron chi connectivity index (χ0n) is 13.4. The summed E-state index contributed by atoms with van der Waals surface area (Å²) >= 11 is 0. The maximum atomic E-state index is 5.37. The number of nitrogens with one attached hydrogen (secondary N) is 2. The van der Waals surface area contributed by atoms with Gasteiger partial charge in [-0.25, -0.2) is 4.98 Å². The van der Waals surface area contributed by atoms with Gasteiger partial charge in [0.1, 0.15) is 5.82 Å². The SMILES string of the molecule is c1cc(NCCc2ccc3cn[nH]c3c2)nc(N2CCOCC2)n1. The molecule has 0 unspecified atom stereocenters. The number of fused-ring (bicyclic) bond motifs is 1. The maximum Gasteiger partial charge on any atom is 0.227 e. The first-order valence-corrected chi connectivity index (χ1v) is 8.20. The normalized spacial score (nSPS) is 14.9. The van der Waals surface area contributed by atoms with Crippen molar-refractivity contribution in [2.45, 2.75) is 6.42 Å². The number of H-pyrrole nitrogens is 1. The Hall–Kier alpha value is -2.67. The highest BCUT2D eigenvalue weighted by Gasteiger charge is 2.13. The highest BCUT2D eigenvalue weighted by Crippen LogP contribution is 2.15. The molecule has 1 saturated heterocycles. The van der Waals surface area contributed by atoms with Crippen molar-refractivity contribution >= 4 is 22.7 Å². The van der Waals surface area contributed by atoms with E-state index in [1.54, 1.807) is 6.20 Å². The van der Waals surface area contributed by atoms with Gasteiger partial charge in [0, 0.05) is 31.2 Å². The predicted molar refractivity (Wildman–Crippen MR) is 93.4 cm³/mol. The molecule has 2 aromatic heterocycles. The van der Waals surface area contributed by atoms with E-state index in [1.807, 2.05) is 12.3 Å². The lowest BCUT2D eigenvalue weighted by molar-refractivity contribution is 0.122. The second-order valence-corrected chi connectivity index (χ2v) is 5.81. The van der Waals surface area contributed by atoms with Crippen LogP contribution in [-0.4, -0.2) is 53.0 Å². The van der Waals surface area contributed by atoms with Crippen molar-refractivity contribution in [2.75, 3.05) is 43.1 Å². The smallest absolute Gasteiger partial charge is 0.227 e. The van der Waals surface area contributed by atoms with Crippen LogP contribution in [0.3, 0.4) is 0 Å². The standard InChI is InChI=1S/C17H20N6O/c1-2-14-12-20-22-15(14)11-13(1)3-5-18-16-4-6-19-17(21-16)23-7-9-24-10-8-23/h1-2,4,6,11-12H,3,5,7-10H2,(H,20,22)(H,18,19,21). The maximum absolute atomic E-state index is 5.37. The molecule has 0 saturated carbocycles. The van der Waals surface area contributed by atoms with Crippen molar-refractivity contribution in [2.24, 2.45) is 0 Å². The molecule has 1 aliphatic rings. The van der Waals surface area contributed by atoms with Crippen molar-refractivity contribution in [3.8, 4) is 0 Å². The van der Waals surface area contributed by atoms with Gasteiger partial charge in [0.2, 0.25) is 5.95 Å². The lowest BCUT2D eigenvalue weighted by Gasteiger charge is -2.26. The van der Waals surface area contributed by atoms with E-state index >= 15 is 0 Å². The highest BCUT2D eigenvalue weighted by atomic mass is 16.5. The van der Waals surface area contributed by atoms with Gasteiger partial charge in [-0.3, -0.25) is 5.10 Å². The Kier molecular flexibility index (Phi) is 4.24. The molecule has 1 aromatic carbocycles.